The van der Waals surface area contributed by atoms with E-state index in [0.29, 0.717) is 18.2 Å². The van der Waals surface area contributed by atoms with E-state index in [4.69, 9.17) is 9.47 Å². The summed E-state index contributed by atoms with van der Waals surface area (Å²) in [6.07, 6.45) is 5.71. The Labute approximate surface area is 137 Å². The van der Waals surface area contributed by atoms with Crippen LogP contribution in [0.25, 0.3) is 6.08 Å². The highest BCUT2D eigenvalue weighted by molar-refractivity contribution is 5.68. The molecule has 0 aliphatic rings. The molecule has 128 valence electrons. The number of nitrogens with zero attached hydrogens (tertiary/aromatic N) is 2. The number of carbonyl (C=O) groups excluding carboxylic acids is 1. The zero-order valence-corrected chi connectivity index (χ0v) is 14.6. The fourth-order valence-electron chi connectivity index (χ4n) is 1.74. The summed E-state index contributed by atoms with van der Waals surface area (Å²) in [5.41, 5.74) is 0.273. The zero-order chi connectivity index (χ0) is 17.5. The highest BCUT2D eigenvalue weighted by Crippen LogP contribution is 2.17. The number of aromatic nitrogens is 2. The Kier molecular flexibility index (Phi) is 6.81. The van der Waals surface area contributed by atoms with Crippen molar-refractivity contribution in [1.82, 2.24) is 15.3 Å². The maximum Gasteiger partial charge on any atom is 0.407 e. The minimum Gasteiger partial charge on any atom is -0.480 e. The summed E-state index contributed by atoms with van der Waals surface area (Å²) in [6.45, 7) is 7.40. The first-order valence-electron chi connectivity index (χ1n) is 7.50. The molecule has 23 heavy (non-hydrogen) atoms. The number of hydrogen-bond donors (Lipinski definition) is 2. The molecule has 1 aromatic rings. The van der Waals surface area contributed by atoms with Gasteiger partial charge in [0.1, 0.15) is 5.60 Å². The van der Waals surface area contributed by atoms with Gasteiger partial charge < -0.3 is 20.1 Å². The molecule has 0 aliphatic heterocycles. The van der Waals surface area contributed by atoms with Crippen LogP contribution in [0.2, 0.25) is 0 Å². The molecule has 0 spiro atoms. The van der Waals surface area contributed by atoms with Gasteiger partial charge in [0.25, 0.3) is 0 Å². The Morgan fingerprint density at radius 1 is 1.43 bits per heavy atom. The third-order valence-electron chi connectivity index (χ3n) is 2.75. The van der Waals surface area contributed by atoms with Crippen molar-refractivity contribution in [3.63, 3.8) is 0 Å². The maximum atomic E-state index is 11.7. The van der Waals surface area contributed by atoms with E-state index >= 15 is 0 Å². The highest BCUT2D eigenvalue weighted by Gasteiger charge is 2.17. The fourth-order valence-corrected chi connectivity index (χ4v) is 1.74. The summed E-state index contributed by atoms with van der Waals surface area (Å²) in [7, 11) is 3.31. The minimum atomic E-state index is -0.501. The summed E-state index contributed by atoms with van der Waals surface area (Å²) in [4.78, 5) is 20.0. The number of carbonyl (C=O) groups is 1. The third-order valence-corrected chi connectivity index (χ3v) is 2.75. The number of hydrogen-bond acceptors (Lipinski definition) is 6. The standard InChI is InChI=1S/C16H26N4O3/c1-11(19-15(21)23-16(2,3)4)8-7-9-12-10-18-14(17-5)20-13(12)22-6/h7,9-11H,8H2,1-6H3,(H,19,21)(H,17,18,20)/b9-7+/t11-/m0/s1. The van der Waals surface area contributed by atoms with Gasteiger partial charge in [0, 0.05) is 19.3 Å². The van der Waals surface area contributed by atoms with Gasteiger partial charge in [0.2, 0.25) is 11.8 Å². The van der Waals surface area contributed by atoms with Crippen molar-refractivity contribution in [3.8, 4) is 5.88 Å². The van der Waals surface area contributed by atoms with E-state index in [1.165, 1.54) is 0 Å². The molecule has 1 heterocycles. The van der Waals surface area contributed by atoms with Crippen LogP contribution in [0.3, 0.4) is 0 Å². The number of anilines is 1. The summed E-state index contributed by atoms with van der Waals surface area (Å²) >= 11 is 0. The molecular formula is C16H26N4O3. The zero-order valence-electron chi connectivity index (χ0n) is 14.6. The molecule has 0 saturated carbocycles. The number of nitrogens with one attached hydrogen (secondary N) is 2. The summed E-state index contributed by atoms with van der Waals surface area (Å²) < 4.78 is 10.4. The van der Waals surface area contributed by atoms with Crippen LogP contribution in [-0.2, 0) is 4.74 Å². The molecular weight excluding hydrogens is 296 g/mol. The minimum absolute atomic E-state index is 0.0513. The molecule has 0 aliphatic carbocycles. The number of alkyl carbamates (subject to hydrolysis) is 1. The molecule has 1 atom stereocenters. The lowest BCUT2D eigenvalue weighted by Crippen LogP contribution is -2.37. The number of methoxy groups -OCH3 is 1. The second-order valence-electron chi connectivity index (χ2n) is 6.09. The fraction of sp³-hybridized carbons (Fsp3) is 0.562. The lowest BCUT2D eigenvalue weighted by Gasteiger charge is -2.21. The Bertz CT molecular complexity index is 553. The molecule has 0 unspecified atom stereocenters. The van der Waals surface area contributed by atoms with Gasteiger partial charge in [-0.2, -0.15) is 4.98 Å². The predicted molar refractivity (Wildman–Crippen MR) is 90.6 cm³/mol. The van der Waals surface area contributed by atoms with Gasteiger partial charge in [0.15, 0.2) is 0 Å². The van der Waals surface area contributed by atoms with Crippen LogP contribution < -0.4 is 15.4 Å². The topological polar surface area (TPSA) is 85.4 Å². The van der Waals surface area contributed by atoms with Crippen molar-refractivity contribution < 1.29 is 14.3 Å². The third kappa shape index (κ3) is 6.99. The molecule has 1 rings (SSSR count). The van der Waals surface area contributed by atoms with Crippen molar-refractivity contribution in [3.05, 3.63) is 17.8 Å². The van der Waals surface area contributed by atoms with Crippen LogP contribution in [0.15, 0.2) is 12.3 Å². The van der Waals surface area contributed by atoms with E-state index in [9.17, 15) is 4.79 Å². The van der Waals surface area contributed by atoms with E-state index in [2.05, 4.69) is 20.6 Å². The van der Waals surface area contributed by atoms with Crippen LogP contribution in [0, 0.1) is 0 Å². The first-order chi connectivity index (χ1) is 10.7. The van der Waals surface area contributed by atoms with Crippen LogP contribution >= 0.6 is 0 Å². The Morgan fingerprint density at radius 3 is 2.70 bits per heavy atom. The molecule has 0 radical (unpaired) electrons. The molecule has 0 fully saturated rings. The van der Waals surface area contributed by atoms with E-state index in [1.54, 1.807) is 20.4 Å². The summed E-state index contributed by atoms with van der Waals surface area (Å²) in [6, 6.07) is -0.0513. The van der Waals surface area contributed by atoms with Gasteiger partial charge in [-0.25, -0.2) is 9.78 Å². The number of amides is 1. The number of ether oxygens (including phenoxy) is 2. The van der Waals surface area contributed by atoms with E-state index in [-0.39, 0.29) is 6.04 Å². The van der Waals surface area contributed by atoms with Crippen LogP contribution in [0.5, 0.6) is 5.88 Å². The number of rotatable bonds is 6. The van der Waals surface area contributed by atoms with Crippen LogP contribution in [0.4, 0.5) is 10.7 Å². The normalized spacial score (nSPS) is 12.8. The molecule has 1 aromatic heterocycles. The Balaban J connectivity index is 2.57. The van der Waals surface area contributed by atoms with Gasteiger partial charge >= 0.3 is 6.09 Å². The second kappa shape index (κ2) is 8.36. The predicted octanol–water partition coefficient (Wildman–Crippen LogP) is 2.84. The largest absolute Gasteiger partial charge is 0.480 e. The SMILES string of the molecule is CNc1ncc(/C=C/C[C@H](C)NC(=O)OC(C)(C)C)c(OC)n1. The lowest BCUT2D eigenvalue weighted by molar-refractivity contribution is 0.0509. The monoisotopic (exact) mass is 322 g/mol. The van der Waals surface area contributed by atoms with Crippen LogP contribution in [0.1, 0.15) is 39.7 Å². The smallest absolute Gasteiger partial charge is 0.407 e. The van der Waals surface area contributed by atoms with Crippen molar-refractivity contribution >= 4 is 18.1 Å². The summed E-state index contributed by atoms with van der Waals surface area (Å²) in [5.74, 6) is 0.993. The van der Waals surface area contributed by atoms with E-state index < -0.39 is 11.7 Å². The molecule has 1 amide bonds. The lowest BCUT2D eigenvalue weighted by atomic mass is 10.2. The van der Waals surface area contributed by atoms with Gasteiger partial charge in [-0.1, -0.05) is 12.2 Å². The first-order valence-corrected chi connectivity index (χ1v) is 7.50. The molecule has 7 heteroatoms. The van der Waals surface area contributed by atoms with Gasteiger partial charge in [-0.05, 0) is 34.1 Å². The molecule has 0 saturated heterocycles. The summed E-state index contributed by atoms with van der Waals surface area (Å²) in [5, 5.41) is 5.64. The van der Waals surface area contributed by atoms with Gasteiger partial charge in [-0.15, -0.1) is 0 Å². The van der Waals surface area contributed by atoms with Crippen molar-refractivity contribution in [2.75, 3.05) is 19.5 Å². The highest BCUT2D eigenvalue weighted by atomic mass is 16.6. The Hall–Kier alpha value is -2.31. The van der Waals surface area contributed by atoms with Crippen molar-refractivity contribution in [2.24, 2.45) is 0 Å². The molecule has 7 nitrogen and oxygen atoms in total. The average molecular weight is 322 g/mol. The Morgan fingerprint density at radius 2 is 2.13 bits per heavy atom. The quantitative estimate of drug-likeness (QED) is 0.837. The first kappa shape index (κ1) is 18.7. The van der Waals surface area contributed by atoms with E-state index in [1.807, 2.05) is 39.8 Å². The molecule has 0 aromatic carbocycles. The maximum absolute atomic E-state index is 11.7. The van der Waals surface area contributed by atoms with Crippen molar-refractivity contribution in [1.29, 1.82) is 0 Å². The molecule has 0 bridgehead atoms. The average Bonchev–Trinajstić information content (AvgIpc) is 2.45. The van der Waals surface area contributed by atoms with Gasteiger partial charge in [-0.3, -0.25) is 0 Å². The van der Waals surface area contributed by atoms with Gasteiger partial charge in [0.05, 0.1) is 12.7 Å². The van der Waals surface area contributed by atoms with Crippen molar-refractivity contribution in [2.45, 2.75) is 45.8 Å². The molecule has 2 N–H and O–H groups in total. The van der Waals surface area contributed by atoms with Crippen LogP contribution in [-0.4, -0.2) is 41.9 Å². The second-order valence-corrected chi connectivity index (χ2v) is 6.09. The van der Waals surface area contributed by atoms with E-state index in [0.717, 1.165) is 5.56 Å².